The number of benzene rings is 3. The average molecular weight is 324 g/mol. The summed E-state index contributed by atoms with van der Waals surface area (Å²) in [6, 6.07) is 30.1. The fraction of sp³-hybridized carbons (Fsp3) is 0.100. The molecule has 3 heteroatoms. The van der Waals surface area contributed by atoms with Crippen molar-refractivity contribution >= 4 is 12.9 Å². The predicted molar refractivity (Wildman–Crippen MR) is 97.1 cm³/mol. The summed E-state index contributed by atoms with van der Waals surface area (Å²) >= 11 is 3.66. The van der Waals surface area contributed by atoms with Crippen LogP contribution in [0.5, 0.6) is 0 Å². The molecular formula is C20H20O2S. The van der Waals surface area contributed by atoms with E-state index >= 15 is 0 Å². The molecular weight excluding hydrogens is 304 g/mol. The summed E-state index contributed by atoms with van der Waals surface area (Å²) in [7, 11) is 0. The normalized spacial score (nSPS) is 11.2. The highest BCUT2D eigenvalue weighted by molar-refractivity contribution is 7.74. The van der Waals surface area contributed by atoms with E-state index in [1.54, 1.807) is 0 Å². The fourth-order valence-electron chi connectivity index (χ4n) is 2.19. The van der Waals surface area contributed by atoms with Gasteiger partial charge in [0.15, 0.2) is 0 Å². The van der Waals surface area contributed by atoms with Gasteiger partial charge in [0.1, 0.15) is 6.10 Å². The lowest BCUT2D eigenvalue weighted by atomic mass is 10.0. The van der Waals surface area contributed by atoms with Gasteiger partial charge in [-0.2, -0.15) is 4.33 Å². The van der Waals surface area contributed by atoms with Gasteiger partial charge in [0.05, 0.1) is 0 Å². The van der Waals surface area contributed by atoms with Crippen molar-refractivity contribution in [3.8, 4) is 0 Å². The first-order valence-electron chi connectivity index (χ1n) is 7.39. The predicted octanol–water partition coefficient (Wildman–Crippen LogP) is 5.56. The molecule has 0 saturated heterocycles. The Balaban J connectivity index is 0.000000268. The molecule has 3 aromatic rings. The van der Waals surface area contributed by atoms with Crippen LogP contribution in [0.15, 0.2) is 91.0 Å². The highest BCUT2D eigenvalue weighted by Crippen LogP contribution is 2.26. The summed E-state index contributed by atoms with van der Waals surface area (Å²) in [5.74, 6) is 0. The minimum atomic E-state index is -0.256. The second kappa shape index (κ2) is 9.85. The first kappa shape index (κ1) is 17.3. The van der Waals surface area contributed by atoms with Crippen LogP contribution in [0, 0.1) is 6.92 Å². The monoisotopic (exact) mass is 324 g/mol. The van der Waals surface area contributed by atoms with Gasteiger partial charge in [0.2, 0.25) is 0 Å². The summed E-state index contributed by atoms with van der Waals surface area (Å²) in [6.07, 6.45) is -0.256. The number of hydrogen-bond acceptors (Lipinski definition) is 3. The molecule has 0 aromatic heterocycles. The molecule has 1 atom stereocenters. The Bertz CT molecular complexity index is 645. The van der Waals surface area contributed by atoms with Crippen LogP contribution in [-0.2, 0) is 9.22 Å². The number of thiol groups is 1. The maximum absolute atomic E-state index is 5.23. The van der Waals surface area contributed by atoms with Gasteiger partial charge >= 0.3 is 0 Å². The Morgan fingerprint density at radius 3 is 1.74 bits per heavy atom. The van der Waals surface area contributed by atoms with Crippen molar-refractivity contribution in [1.29, 1.82) is 0 Å². The van der Waals surface area contributed by atoms with Gasteiger partial charge in [-0.3, -0.25) is 0 Å². The van der Waals surface area contributed by atoms with Crippen LogP contribution in [0.4, 0.5) is 0 Å². The molecule has 118 valence electrons. The van der Waals surface area contributed by atoms with Gasteiger partial charge in [0, 0.05) is 12.9 Å². The van der Waals surface area contributed by atoms with Gasteiger partial charge in [0.25, 0.3) is 0 Å². The minimum absolute atomic E-state index is 0.256. The number of hydrogen-bond donors (Lipinski definition) is 1. The topological polar surface area (TPSA) is 18.5 Å². The van der Waals surface area contributed by atoms with Gasteiger partial charge in [-0.15, -0.1) is 0 Å². The zero-order valence-corrected chi connectivity index (χ0v) is 13.9. The highest BCUT2D eigenvalue weighted by Gasteiger charge is 2.15. The summed E-state index contributed by atoms with van der Waals surface area (Å²) < 4.78 is 4.55. The maximum Gasteiger partial charge on any atom is 0.144 e. The van der Waals surface area contributed by atoms with E-state index in [1.807, 2.05) is 91.9 Å². The molecule has 0 aliphatic carbocycles. The summed E-state index contributed by atoms with van der Waals surface area (Å²) in [5, 5.41) is 0. The van der Waals surface area contributed by atoms with Crippen molar-refractivity contribution in [3.63, 3.8) is 0 Å². The summed E-state index contributed by atoms with van der Waals surface area (Å²) in [5.41, 5.74) is 3.27. The first-order chi connectivity index (χ1) is 11.3. The van der Waals surface area contributed by atoms with E-state index in [0.29, 0.717) is 0 Å². The third-order valence-electron chi connectivity index (χ3n) is 3.25. The Morgan fingerprint density at radius 1 is 0.696 bits per heavy atom. The van der Waals surface area contributed by atoms with Crippen LogP contribution in [0.2, 0.25) is 0 Å². The second-order valence-electron chi connectivity index (χ2n) is 5.03. The molecule has 23 heavy (non-hydrogen) atoms. The first-order valence-corrected chi connectivity index (χ1v) is 7.76. The average Bonchev–Trinajstić information content (AvgIpc) is 2.62. The minimum Gasteiger partial charge on any atom is -0.212 e. The summed E-state index contributed by atoms with van der Waals surface area (Å²) in [4.78, 5) is 5.23. The maximum atomic E-state index is 5.23. The Kier molecular flexibility index (Phi) is 7.40. The van der Waals surface area contributed by atoms with E-state index in [9.17, 15) is 0 Å². The molecule has 0 amide bonds. The van der Waals surface area contributed by atoms with Crippen molar-refractivity contribution in [2.75, 3.05) is 0 Å². The van der Waals surface area contributed by atoms with E-state index in [4.69, 9.17) is 4.89 Å². The van der Waals surface area contributed by atoms with Crippen LogP contribution >= 0.6 is 12.9 Å². The lowest BCUT2D eigenvalue weighted by molar-refractivity contribution is -0.219. The van der Waals surface area contributed by atoms with Crippen LogP contribution in [0.25, 0.3) is 0 Å². The fourth-order valence-corrected chi connectivity index (χ4v) is 2.28. The zero-order chi connectivity index (χ0) is 16.3. The molecule has 0 aliphatic rings. The van der Waals surface area contributed by atoms with Gasteiger partial charge in [-0.05, 0) is 18.1 Å². The van der Waals surface area contributed by atoms with Crippen molar-refractivity contribution in [2.45, 2.75) is 13.0 Å². The van der Waals surface area contributed by atoms with Crippen molar-refractivity contribution in [2.24, 2.45) is 0 Å². The Labute approximate surface area is 143 Å². The summed E-state index contributed by atoms with van der Waals surface area (Å²) in [6.45, 7) is 2.05. The standard InChI is InChI=1S/C14H14O2S.C6H6/c1-11-6-5-9-13(10-11)14(15-16-17)12-7-3-2-4-8-12;1-2-4-6-5-3-1/h2-10,14,17H,1H3;1-6H. The van der Waals surface area contributed by atoms with Gasteiger partial charge in [-0.25, -0.2) is 4.89 Å². The highest BCUT2D eigenvalue weighted by atomic mass is 32.1. The second-order valence-corrected chi connectivity index (χ2v) is 5.18. The largest absolute Gasteiger partial charge is 0.212 e. The van der Waals surface area contributed by atoms with E-state index < -0.39 is 0 Å². The molecule has 2 nitrogen and oxygen atoms in total. The van der Waals surface area contributed by atoms with Gasteiger partial charge in [-0.1, -0.05) is 96.6 Å². The van der Waals surface area contributed by atoms with E-state index in [0.717, 1.165) is 11.1 Å². The smallest absolute Gasteiger partial charge is 0.144 e. The third-order valence-corrected chi connectivity index (χ3v) is 3.34. The Hall–Kier alpha value is -2.07. The SMILES string of the molecule is Cc1cccc(C(OOS)c2ccccc2)c1.c1ccccc1. The van der Waals surface area contributed by atoms with Crippen molar-refractivity contribution < 1.29 is 9.22 Å². The van der Waals surface area contributed by atoms with E-state index in [-0.39, 0.29) is 6.10 Å². The van der Waals surface area contributed by atoms with Crippen LogP contribution < -0.4 is 0 Å². The lowest BCUT2D eigenvalue weighted by Crippen LogP contribution is -2.04. The van der Waals surface area contributed by atoms with Crippen molar-refractivity contribution in [3.05, 3.63) is 108 Å². The van der Waals surface area contributed by atoms with Crippen LogP contribution in [-0.4, -0.2) is 0 Å². The Morgan fingerprint density at radius 2 is 1.22 bits per heavy atom. The molecule has 0 N–H and O–H groups in total. The van der Waals surface area contributed by atoms with Crippen LogP contribution in [0.1, 0.15) is 22.8 Å². The number of rotatable bonds is 4. The molecule has 0 radical (unpaired) electrons. The quantitative estimate of drug-likeness (QED) is 0.293. The molecule has 0 heterocycles. The van der Waals surface area contributed by atoms with Crippen molar-refractivity contribution in [1.82, 2.24) is 0 Å². The molecule has 3 aromatic carbocycles. The molecule has 0 fully saturated rings. The van der Waals surface area contributed by atoms with Crippen LogP contribution in [0.3, 0.4) is 0 Å². The number of aryl methyl sites for hydroxylation is 1. The molecule has 0 aliphatic heterocycles. The molecule has 0 bridgehead atoms. The molecule has 3 rings (SSSR count). The lowest BCUT2D eigenvalue weighted by Gasteiger charge is -2.16. The van der Waals surface area contributed by atoms with E-state index in [2.05, 4.69) is 23.3 Å². The zero-order valence-electron chi connectivity index (χ0n) is 13.0. The molecule has 0 spiro atoms. The van der Waals surface area contributed by atoms with Gasteiger partial charge < -0.3 is 0 Å². The van der Waals surface area contributed by atoms with E-state index in [1.165, 1.54) is 5.56 Å². The molecule has 0 saturated carbocycles. The molecule has 1 unspecified atom stereocenters. The third kappa shape index (κ3) is 5.91.